The second kappa shape index (κ2) is 7.09. The van der Waals surface area contributed by atoms with Crippen LogP contribution in [0.1, 0.15) is 31.1 Å². The molecule has 0 saturated carbocycles. The molecule has 0 aliphatic heterocycles. The van der Waals surface area contributed by atoms with Gasteiger partial charge in [-0.25, -0.2) is 4.98 Å². The van der Waals surface area contributed by atoms with Crippen LogP contribution in [-0.4, -0.2) is 26.0 Å². The first-order valence-electron chi connectivity index (χ1n) is 8.29. The number of aromatic nitrogens is 4. The third-order valence-electron chi connectivity index (χ3n) is 3.97. The van der Waals surface area contributed by atoms with Gasteiger partial charge < -0.3 is 14.8 Å². The number of para-hydroxylation sites is 2. The maximum atomic E-state index is 12.2. The molecule has 4 rings (SSSR count). The van der Waals surface area contributed by atoms with E-state index in [1.807, 2.05) is 48.7 Å². The first-order valence-corrected chi connectivity index (χ1v) is 9.17. The fourth-order valence-electron chi connectivity index (χ4n) is 2.64. The van der Waals surface area contributed by atoms with Crippen molar-refractivity contribution in [3.8, 4) is 10.7 Å². The van der Waals surface area contributed by atoms with Gasteiger partial charge in [-0.1, -0.05) is 23.4 Å². The number of aryl methyl sites for hydroxylation is 1. The highest BCUT2D eigenvalue weighted by Gasteiger charge is 2.15. The summed E-state index contributed by atoms with van der Waals surface area (Å²) in [6, 6.07) is 11.4. The number of nitrogens with zero attached hydrogens (tertiary/aromatic N) is 3. The number of imidazole rings is 1. The zero-order valence-electron chi connectivity index (χ0n) is 14.1. The highest BCUT2D eigenvalue weighted by Crippen LogP contribution is 2.21. The summed E-state index contributed by atoms with van der Waals surface area (Å²) >= 11 is 1.55. The predicted molar refractivity (Wildman–Crippen MR) is 98.6 cm³/mol. The van der Waals surface area contributed by atoms with Crippen molar-refractivity contribution in [3.05, 3.63) is 53.5 Å². The van der Waals surface area contributed by atoms with Crippen molar-refractivity contribution in [2.24, 2.45) is 0 Å². The molecule has 0 bridgehead atoms. The van der Waals surface area contributed by atoms with E-state index < -0.39 is 0 Å². The van der Waals surface area contributed by atoms with Gasteiger partial charge in [-0.3, -0.25) is 4.79 Å². The average Bonchev–Trinajstić information content (AvgIpc) is 3.39. The summed E-state index contributed by atoms with van der Waals surface area (Å²) in [4.78, 5) is 25.2. The van der Waals surface area contributed by atoms with Crippen LogP contribution in [0.25, 0.3) is 21.7 Å². The summed E-state index contributed by atoms with van der Waals surface area (Å²) in [6.45, 7) is 1.90. The number of benzene rings is 1. The second-order valence-electron chi connectivity index (χ2n) is 5.92. The van der Waals surface area contributed by atoms with Crippen LogP contribution in [0.4, 0.5) is 0 Å². The van der Waals surface area contributed by atoms with Crippen molar-refractivity contribution in [3.63, 3.8) is 0 Å². The molecule has 1 unspecified atom stereocenters. The van der Waals surface area contributed by atoms with Gasteiger partial charge in [0.15, 0.2) is 0 Å². The fourth-order valence-corrected chi connectivity index (χ4v) is 3.29. The van der Waals surface area contributed by atoms with Crippen LogP contribution in [0.5, 0.6) is 0 Å². The predicted octanol–water partition coefficient (Wildman–Crippen LogP) is 3.48. The Kier molecular flexibility index (Phi) is 4.49. The van der Waals surface area contributed by atoms with Crippen molar-refractivity contribution in [1.29, 1.82) is 0 Å². The molecule has 0 spiro atoms. The van der Waals surface area contributed by atoms with E-state index in [0.717, 1.165) is 21.7 Å². The summed E-state index contributed by atoms with van der Waals surface area (Å²) in [7, 11) is 0. The molecule has 0 fully saturated rings. The van der Waals surface area contributed by atoms with E-state index in [0.29, 0.717) is 18.1 Å². The molecule has 0 aliphatic carbocycles. The Morgan fingerprint density at radius 3 is 2.96 bits per heavy atom. The molecule has 4 aromatic rings. The Balaban J connectivity index is 1.33. The van der Waals surface area contributed by atoms with Crippen molar-refractivity contribution in [2.75, 3.05) is 0 Å². The van der Waals surface area contributed by atoms with E-state index in [2.05, 4.69) is 25.4 Å². The van der Waals surface area contributed by atoms with Crippen LogP contribution in [-0.2, 0) is 11.2 Å². The first-order chi connectivity index (χ1) is 12.7. The normalized spacial score (nSPS) is 12.3. The maximum absolute atomic E-state index is 12.2. The molecule has 8 heteroatoms. The summed E-state index contributed by atoms with van der Waals surface area (Å²) < 4.78 is 5.22. The van der Waals surface area contributed by atoms with Gasteiger partial charge in [-0.15, -0.1) is 11.3 Å². The van der Waals surface area contributed by atoms with E-state index in [9.17, 15) is 4.79 Å². The lowest BCUT2D eigenvalue weighted by Gasteiger charge is -2.10. The van der Waals surface area contributed by atoms with Gasteiger partial charge in [0.25, 0.3) is 0 Å². The van der Waals surface area contributed by atoms with Gasteiger partial charge in [-0.05, 0) is 30.5 Å². The quantitative estimate of drug-likeness (QED) is 0.544. The monoisotopic (exact) mass is 367 g/mol. The molecular formula is C18H17N5O2S. The standard InChI is InChI=1S/C18H17N5O2S/c1-11(17-20-12-5-2-3-6-13(12)21-17)19-15(24)8-9-16-22-18(23-25-16)14-7-4-10-26-14/h2-7,10-11H,8-9H2,1H3,(H,19,24)(H,20,21). The van der Waals surface area contributed by atoms with Crippen LogP contribution in [0, 0.1) is 0 Å². The van der Waals surface area contributed by atoms with Gasteiger partial charge in [-0.2, -0.15) is 4.98 Å². The molecule has 26 heavy (non-hydrogen) atoms. The third kappa shape index (κ3) is 3.50. The van der Waals surface area contributed by atoms with E-state index in [1.165, 1.54) is 0 Å². The van der Waals surface area contributed by atoms with E-state index in [-0.39, 0.29) is 18.4 Å². The minimum atomic E-state index is -0.209. The molecule has 132 valence electrons. The first kappa shape index (κ1) is 16.5. The number of carbonyl (C=O) groups excluding carboxylic acids is 1. The highest BCUT2D eigenvalue weighted by atomic mass is 32.1. The molecule has 3 aromatic heterocycles. The number of thiophene rings is 1. The molecule has 1 aromatic carbocycles. The summed E-state index contributed by atoms with van der Waals surface area (Å²) in [5.74, 6) is 1.66. The number of carbonyl (C=O) groups is 1. The van der Waals surface area contributed by atoms with Crippen molar-refractivity contribution in [2.45, 2.75) is 25.8 Å². The molecule has 1 amide bonds. The van der Waals surface area contributed by atoms with Gasteiger partial charge >= 0.3 is 0 Å². The van der Waals surface area contributed by atoms with Gasteiger partial charge in [0, 0.05) is 12.8 Å². The second-order valence-corrected chi connectivity index (χ2v) is 6.87. The van der Waals surface area contributed by atoms with E-state index in [1.54, 1.807) is 11.3 Å². The largest absolute Gasteiger partial charge is 0.346 e. The van der Waals surface area contributed by atoms with E-state index >= 15 is 0 Å². The highest BCUT2D eigenvalue weighted by molar-refractivity contribution is 7.13. The number of hydrogen-bond donors (Lipinski definition) is 2. The van der Waals surface area contributed by atoms with Gasteiger partial charge in [0.05, 0.1) is 22.0 Å². The van der Waals surface area contributed by atoms with E-state index in [4.69, 9.17) is 4.52 Å². The molecule has 0 aliphatic rings. The molecule has 0 radical (unpaired) electrons. The lowest BCUT2D eigenvalue weighted by molar-refractivity contribution is -0.121. The van der Waals surface area contributed by atoms with Crippen LogP contribution in [0.15, 0.2) is 46.3 Å². The van der Waals surface area contributed by atoms with Crippen LogP contribution >= 0.6 is 11.3 Å². The van der Waals surface area contributed by atoms with Gasteiger partial charge in [0.2, 0.25) is 17.6 Å². The van der Waals surface area contributed by atoms with Crippen LogP contribution in [0.2, 0.25) is 0 Å². The minimum absolute atomic E-state index is 0.0890. The molecule has 0 saturated heterocycles. The van der Waals surface area contributed by atoms with Crippen molar-refractivity contribution >= 4 is 28.3 Å². The Bertz CT molecular complexity index is 988. The Morgan fingerprint density at radius 2 is 2.15 bits per heavy atom. The zero-order valence-corrected chi connectivity index (χ0v) is 14.9. The Labute approximate surface area is 153 Å². The number of nitrogens with one attached hydrogen (secondary N) is 2. The number of aromatic amines is 1. The smallest absolute Gasteiger partial charge is 0.227 e. The third-order valence-corrected chi connectivity index (χ3v) is 4.84. The number of H-pyrrole nitrogens is 1. The Morgan fingerprint density at radius 1 is 1.27 bits per heavy atom. The lowest BCUT2D eigenvalue weighted by Crippen LogP contribution is -2.27. The molecule has 1 atom stereocenters. The zero-order chi connectivity index (χ0) is 17.9. The van der Waals surface area contributed by atoms with Crippen LogP contribution in [0.3, 0.4) is 0 Å². The summed E-state index contributed by atoms with van der Waals surface area (Å²) in [5.41, 5.74) is 1.84. The molecule has 3 heterocycles. The van der Waals surface area contributed by atoms with Crippen molar-refractivity contribution < 1.29 is 9.32 Å². The average molecular weight is 367 g/mol. The summed E-state index contributed by atoms with van der Waals surface area (Å²) in [5, 5.41) is 8.84. The SMILES string of the molecule is CC(NC(=O)CCc1nc(-c2cccs2)no1)c1nc2ccccc2[nH]1. The molecule has 2 N–H and O–H groups in total. The van der Waals surface area contributed by atoms with Crippen molar-refractivity contribution in [1.82, 2.24) is 25.4 Å². The van der Waals surface area contributed by atoms with Crippen LogP contribution < -0.4 is 5.32 Å². The maximum Gasteiger partial charge on any atom is 0.227 e. The minimum Gasteiger partial charge on any atom is -0.346 e. The molecular weight excluding hydrogens is 350 g/mol. The lowest BCUT2D eigenvalue weighted by atomic mass is 10.2. The fraction of sp³-hybridized carbons (Fsp3) is 0.222. The number of rotatable bonds is 6. The van der Waals surface area contributed by atoms with Gasteiger partial charge in [0.1, 0.15) is 5.82 Å². The number of amides is 1. The molecule has 7 nitrogen and oxygen atoms in total. The number of fused-ring (bicyclic) bond motifs is 1. The topological polar surface area (TPSA) is 96.7 Å². The summed E-state index contributed by atoms with van der Waals surface area (Å²) in [6.07, 6.45) is 0.674. The Hall–Kier alpha value is -3.00. The number of hydrogen-bond acceptors (Lipinski definition) is 6.